The first-order valence-electron chi connectivity index (χ1n) is 9.56. The number of hydrogen-bond acceptors (Lipinski definition) is 6. The zero-order valence-electron chi connectivity index (χ0n) is 16.4. The van der Waals surface area contributed by atoms with E-state index in [-0.39, 0.29) is 12.2 Å². The van der Waals surface area contributed by atoms with Gasteiger partial charge in [0.05, 0.1) is 4.90 Å². The summed E-state index contributed by atoms with van der Waals surface area (Å²) in [5.41, 5.74) is 7.41. The SMILES string of the molecule is NCCc1ccccc1.O=C1CCCN1c1ccc(S(=O)(=O)Nc2nccs2)cc1.[HH]. The summed E-state index contributed by atoms with van der Waals surface area (Å²) in [7, 11) is -3.64. The van der Waals surface area contributed by atoms with Gasteiger partial charge in [-0.1, -0.05) is 30.3 Å². The Morgan fingerprint density at radius 2 is 1.87 bits per heavy atom. The molecule has 2 aromatic carbocycles. The molecule has 0 saturated carbocycles. The van der Waals surface area contributed by atoms with Crippen LogP contribution in [0.15, 0.2) is 71.1 Å². The second-order valence-electron chi connectivity index (χ2n) is 6.61. The molecule has 0 atom stereocenters. The van der Waals surface area contributed by atoms with Crippen molar-refractivity contribution in [2.45, 2.75) is 24.2 Å². The van der Waals surface area contributed by atoms with Crippen molar-refractivity contribution < 1.29 is 14.6 Å². The van der Waals surface area contributed by atoms with Crippen molar-refractivity contribution in [3.8, 4) is 0 Å². The van der Waals surface area contributed by atoms with E-state index >= 15 is 0 Å². The van der Waals surface area contributed by atoms with Gasteiger partial charge in [-0.15, -0.1) is 11.3 Å². The Labute approximate surface area is 182 Å². The fourth-order valence-corrected chi connectivity index (χ4v) is 4.77. The minimum absolute atomic E-state index is 0. The smallest absolute Gasteiger partial charge is 0.263 e. The van der Waals surface area contributed by atoms with Crippen LogP contribution in [0.2, 0.25) is 0 Å². The molecule has 1 aliphatic heterocycles. The standard InChI is InChI=1S/C13H13N3O3S2.C8H11N.H2/c17-12-2-1-8-16(12)10-3-5-11(6-4-10)21(18,19)15-13-14-7-9-20-13;9-7-6-8-4-2-1-3-5-8;/h3-7,9H,1-2,8H2,(H,14,15);1-5H,6-7,9H2;1H. The van der Waals surface area contributed by atoms with E-state index in [1.54, 1.807) is 22.4 Å². The molecule has 1 amide bonds. The molecule has 0 bridgehead atoms. The Balaban J connectivity index is 0.000000289. The maximum atomic E-state index is 12.2. The van der Waals surface area contributed by atoms with Crippen LogP contribution < -0.4 is 15.4 Å². The molecule has 7 nitrogen and oxygen atoms in total. The third-order valence-corrected chi connectivity index (χ3v) is 6.63. The van der Waals surface area contributed by atoms with Gasteiger partial charge in [0.15, 0.2) is 5.13 Å². The summed E-state index contributed by atoms with van der Waals surface area (Å²) in [4.78, 5) is 17.4. The summed E-state index contributed by atoms with van der Waals surface area (Å²) < 4.78 is 26.8. The highest BCUT2D eigenvalue weighted by molar-refractivity contribution is 7.93. The molecule has 0 spiro atoms. The third kappa shape index (κ3) is 5.88. The Hall–Kier alpha value is -2.75. The topological polar surface area (TPSA) is 105 Å². The van der Waals surface area contributed by atoms with E-state index < -0.39 is 10.0 Å². The molecule has 1 saturated heterocycles. The first kappa shape index (κ1) is 21.9. The average Bonchev–Trinajstić information content (AvgIpc) is 3.41. The maximum absolute atomic E-state index is 12.2. The fraction of sp³-hybridized carbons (Fsp3) is 0.238. The van der Waals surface area contributed by atoms with Gasteiger partial charge in [0, 0.05) is 31.7 Å². The van der Waals surface area contributed by atoms with E-state index in [9.17, 15) is 13.2 Å². The van der Waals surface area contributed by atoms with Crippen LogP contribution in [0.4, 0.5) is 10.8 Å². The molecule has 0 unspecified atom stereocenters. The van der Waals surface area contributed by atoms with Gasteiger partial charge in [-0.3, -0.25) is 9.52 Å². The Morgan fingerprint density at radius 3 is 2.43 bits per heavy atom. The summed E-state index contributed by atoms with van der Waals surface area (Å²) >= 11 is 1.21. The van der Waals surface area contributed by atoms with Crippen molar-refractivity contribution in [3.63, 3.8) is 0 Å². The lowest BCUT2D eigenvalue weighted by molar-refractivity contribution is -0.117. The van der Waals surface area contributed by atoms with E-state index in [4.69, 9.17) is 5.73 Å². The van der Waals surface area contributed by atoms with Crippen molar-refractivity contribution >= 4 is 38.1 Å². The number of thiazole rings is 1. The number of amides is 1. The summed E-state index contributed by atoms with van der Waals surface area (Å²) in [6.45, 7) is 1.42. The number of anilines is 2. The lowest BCUT2D eigenvalue weighted by Gasteiger charge is -2.16. The minimum atomic E-state index is -3.64. The molecular weight excluding hydrogens is 420 g/mol. The van der Waals surface area contributed by atoms with Crippen LogP contribution in [0.5, 0.6) is 0 Å². The number of nitrogens with one attached hydrogen (secondary N) is 1. The molecule has 160 valence electrons. The van der Waals surface area contributed by atoms with E-state index in [0.717, 1.165) is 25.1 Å². The first-order chi connectivity index (χ1) is 14.5. The molecule has 1 fully saturated rings. The molecule has 0 radical (unpaired) electrons. The fourth-order valence-electron chi connectivity index (χ4n) is 2.99. The number of carbonyl (C=O) groups excluding carboxylic acids is 1. The average molecular weight is 447 g/mol. The number of carbonyl (C=O) groups is 1. The highest BCUT2D eigenvalue weighted by Gasteiger charge is 2.22. The lowest BCUT2D eigenvalue weighted by Crippen LogP contribution is -2.23. The highest BCUT2D eigenvalue weighted by atomic mass is 32.2. The van der Waals surface area contributed by atoms with E-state index in [1.807, 2.05) is 18.2 Å². The molecule has 2 heterocycles. The predicted octanol–water partition coefficient (Wildman–Crippen LogP) is 3.50. The van der Waals surface area contributed by atoms with Gasteiger partial charge in [0.25, 0.3) is 10.0 Å². The second kappa shape index (κ2) is 10.3. The lowest BCUT2D eigenvalue weighted by atomic mass is 10.2. The molecule has 3 N–H and O–H groups in total. The van der Waals surface area contributed by atoms with E-state index in [0.29, 0.717) is 18.1 Å². The summed E-state index contributed by atoms with van der Waals surface area (Å²) in [6.07, 6.45) is 3.90. The zero-order chi connectivity index (χ0) is 21.4. The minimum Gasteiger partial charge on any atom is -0.330 e. The van der Waals surface area contributed by atoms with Crippen LogP contribution in [-0.2, 0) is 21.2 Å². The monoisotopic (exact) mass is 446 g/mol. The van der Waals surface area contributed by atoms with Gasteiger partial charge in [0.2, 0.25) is 5.91 Å². The Kier molecular flexibility index (Phi) is 7.56. The predicted molar refractivity (Wildman–Crippen MR) is 122 cm³/mol. The van der Waals surface area contributed by atoms with Crippen molar-refractivity contribution in [3.05, 3.63) is 71.7 Å². The van der Waals surface area contributed by atoms with Gasteiger partial charge >= 0.3 is 0 Å². The Bertz CT molecular complexity index is 1040. The number of nitrogens with zero attached hydrogens (tertiary/aromatic N) is 2. The number of aromatic nitrogens is 1. The number of hydrogen-bond donors (Lipinski definition) is 2. The largest absolute Gasteiger partial charge is 0.330 e. The molecule has 30 heavy (non-hydrogen) atoms. The first-order valence-corrected chi connectivity index (χ1v) is 11.9. The third-order valence-electron chi connectivity index (χ3n) is 4.46. The Morgan fingerprint density at radius 1 is 1.13 bits per heavy atom. The van der Waals surface area contributed by atoms with Crippen LogP contribution in [0.1, 0.15) is 19.8 Å². The van der Waals surface area contributed by atoms with Gasteiger partial charge in [-0.05, 0) is 49.2 Å². The van der Waals surface area contributed by atoms with Crippen molar-refractivity contribution in [1.29, 1.82) is 0 Å². The van der Waals surface area contributed by atoms with Crippen LogP contribution in [-0.4, -0.2) is 32.4 Å². The number of benzene rings is 2. The normalized spacial score (nSPS) is 13.6. The molecule has 0 aliphatic carbocycles. The van der Waals surface area contributed by atoms with Crippen LogP contribution in [0, 0.1) is 0 Å². The van der Waals surface area contributed by atoms with Crippen molar-refractivity contribution in [2.24, 2.45) is 5.73 Å². The second-order valence-corrected chi connectivity index (χ2v) is 9.19. The maximum Gasteiger partial charge on any atom is 0.263 e. The van der Waals surface area contributed by atoms with Crippen molar-refractivity contribution in [2.75, 3.05) is 22.7 Å². The molecular formula is C21H26N4O3S2. The number of sulfonamides is 1. The number of nitrogens with two attached hydrogens (primary N) is 1. The molecule has 9 heteroatoms. The summed E-state index contributed by atoms with van der Waals surface area (Å²) in [5.74, 6) is 0.0755. The number of rotatable bonds is 6. The van der Waals surface area contributed by atoms with Crippen LogP contribution in [0.25, 0.3) is 0 Å². The van der Waals surface area contributed by atoms with E-state index in [1.165, 1.54) is 35.2 Å². The summed E-state index contributed by atoms with van der Waals surface area (Å²) in [5, 5.41) is 2.02. The van der Waals surface area contributed by atoms with E-state index in [2.05, 4.69) is 21.8 Å². The molecule has 3 aromatic rings. The summed E-state index contributed by atoms with van der Waals surface area (Å²) in [6, 6.07) is 16.6. The highest BCUT2D eigenvalue weighted by Crippen LogP contribution is 2.24. The molecule has 1 aliphatic rings. The van der Waals surface area contributed by atoms with Crippen LogP contribution >= 0.6 is 11.3 Å². The van der Waals surface area contributed by atoms with Crippen molar-refractivity contribution in [1.82, 2.24) is 4.98 Å². The van der Waals surface area contributed by atoms with Gasteiger partial charge in [-0.2, -0.15) is 0 Å². The van der Waals surface area contributed by atoms with Crippen LogP contribution in [0.3, 0.4) is 0 Å². The van der Waals surface area contributed by atoms with Gasteiger partial charge < -0.3 is 10.6 Å². The van der Waals surface area contributed by atoms with Gasteiger partial charge in [-0.25, -0.2) is 13.4 Å². The quantitative estimate of drug-likeness (QED) is 0.603. The van der Waals surface area contributed by atoms with Gasteiger partial charge in [0.1, 0.15) is 0 Å². The molecule has 1 aromatic heterocycles. The zero-order valence-corrected chi connectivity index (χ0v) is 18.0. The molecule has 4 rings (SSSR count).